The van der Waals surface area contributed by atoms with Crippen molar-refractivity contribution >= 4 is 17.5 Å². The summed E-state index contributed by atoms with van der Waals surface area (Å²) in [7, 11) is 0. The third-order valence-electron chi connectivity index (χ3n) is 6.81. The molecule has 0 aliphatic carbocycles. The molecule has 0 bridgehead atoms. The lowest BCUT2D eigenvalue weighted by Crippen LogP contribution is -2.47. The molecule has 2 amide bonds. The summed E-state index contributed by atoms with van der Waals surface area (Å²) in [5.74, 6) is 1.57. The van der Waals surface area contributed by atoms with Crippen LogP contribution in [-0.2, 0) is 16.1 Å². The Kier molecular flexibility index (Phi) is 6.48. The lowest BCUT2D eigenvalue weighted by molar-refractivity contribution is -0.133. The summed E-state index contributed by atoms with van der Waals surface area (Å²) in [5, 5.41) is 3.01. The molecule has 2 aromatic carbocycles. The van der Waals surface area contributed by atoms with Gasteiger partial charge >= 0.3 is 0 Å². The fourth-order valence-electron chi connectivity index (χ4n) is 5.24. The van der Waals surface area contributed by atoms with Gasteiger partial charge in [0, 0.05) is 49.8 Å². The predicted octanol–water partition coefficient (Wildman–Crippen LogP) is 3.44. The van der Waals surface area contributed by atoms with Gasteiger partial charge in [-0.15, -0.1) is 0 Å². The molecule has 0 aromatic heterocycles. The van der Waals surface area contributed by atoms with E-state index in [1.165, 1.54) is 0 Å². The van der Waals surface area contributed by atoms with Crippen LogP contribution in [-0.4, -0.2) is 60.0 Å². The highest BCUT2D eigenvalue weighted by molar-refractivity contribution is 5.92. The normalized spacial score (nSPS) is 22.9. The molecule has 7 nitrogen and oxygen atoms in total. The van der Waals surface area contributed by atoms with Gasteiger partial charge in [0.2, 0.25) is 11.8 Å². The Labute approximate surface area is 194 Å². The number of carbonyl (C=O) groups excluding carboxylic acids is 2. The van der Waals surface area contributed by atoms with Crippen LogP contribution in [0.3, 0.4) is 0 Å². The summed E-state index contributed by atoms with van der Waals surface area (Å²) in [5.41, 5.74) is 1.86. The van der Waals surface area contributed by atoms with Crippen LogP contribution >= 0.6 is 0 Å². The van der Waals surface area contributed by atoms with Gasteiger partial charge in [-0.05, 0) is 37.0 Å². The van der Waals surface area contributed by atoms with E-state index in [1.54, 1.807) is 0 Å². The van der Waals surface area contributed by atoms with Gasteiger partial charge in [-0.2, -0.15) is 0 Å². The summed E-state index contributed by atoms with van der Waals surface area (Å²) in [6.07, 6.45) is 4.14. The monoisotopic (exact) mass is 449 g/mol. The van der Waals surface area contributed by atoms with Crippen molar-refractivity contribution in [2.75, 3.05) is 31.6 Å². The maximum atomic E-state index is 12.9. The number of nitrogens with one attached hydrogen (secondary N) is 1. The van der Waals surface area contributed by atoms with Crippen LogP contribution in [0.25, 0.3) is 0 Å². The van der Waals surface area contributed by atoms with Crippen LogP contribution in [0.15, 0.2) is 48.5 Å². The minimum Gasteiger partial charge on any atom is -0.490 e. The Balaban J connectivity index is 1.24. The molecule has 7 heteroatoms. The Bertz CT molecular complexity index is 996. The number of nitrogens with zero attached hydrogens (tertiary/aromatic N) is 2. The van der Waals surface area contributed by atoms with E-state index in [1.807, 2.05) is 36.4 Å². The zero-order valence-electron chi connectivity index (χ0n) is 18.9. The van der Waals surface area contributed by atoms with E-state index in [-0.39, 0.29) is 23.9 Å². The second kappa shape index (κ2) is 9.83. The van der Waals surface area contributed by atoms with Gasteiger partial charge < -0.3 is 19.7 Å². The van der Waals surface area contributed by atoms with Crippen molar-refractivity contribution in [1.82, 2.24) is 9.80 Å². The summed E-state index contributed by atoms with van der Waals surface area (Å²) in [6.45, 7) is 3.03. The second-order valence-electron chi connectivity index (χ2n) is 9.05. The molecule has 0 spiro atoms. The van der Waals surface area contributed by atoms with Crippen LogP contribution in [0, 0.1) is 0 Å². The van der Waals surface area contributed by atoms with Crippen LogP contribution in [0.1, 0.15) is 37.7 Å². The van der Waals surface area contributed by atoms with Crippen molar-refractivity contribution in [3.63, 3.8) is 0 Å². The molecule has 5 rings (SSSR count). The van der Waals surface area contributed by atoms with Crippen molar-refractivity contribution in [3.8, 4) is 11.5 Å². The van der Waals surface area contributed by atoms with Crippen LogP contribution < -0.4 is 14.8 Å². The molecule has 0 saturated carbocycles. The van der Waals surface area contributed by atoms with E-state index in [0.717, 1.165) is 43.5 Å². The Morgan fingerprint density at radius 2 is 1.79 bits per heavy atom. The zero-order valence-corrected chi connectivity index (χ0v) is 18.9. The van der Waals surface area contributed by atoms with Crippen molar-refractivity contribution in [3.05, 3.63) is 54.1 Å². The molecule has 0 radical (unpaired) electrons. The minimum absolute atomic E-state index is 0.0460. The van der Waals surface area contributed by atoms with Gasteiger partial charge in [0.15, 0.2) is 11.5 Å². The molecule has 33 heavy (non-hydrogen) atoms. The number of fused-ring (bicyclic) bond motifs is 2. The number of hydrogen-bond donors (Lipinski definition) is 1. The first-order valence-electron chi connectivity index (χ1n) is 11.9. The fourth-order valence-corrected chi connectivity index (χ4v) is 5.24. The molecule has 1 N–H and O–H groups in total. The quantitative estimate of drug-likeness (QED) is 0.757. The second-order valence-corrected chi connectivity index (χ2v) is 9.05. The first-order chi connectivity index (χ1) is 16.2. The molecule has 2 atom stereocenters. The van der Waals surface area contributed by atoms with Gasteiger partial charge in [0.05, 0.1) is 19.8 Å². The summed E-state index contributed by atoms with van der Waals surface area (Å²) in [4.78, 5) is 30.1. The SMILES string of the molecule is O=C(CN1CC[C@@H]2[C@H]1CCCC(=O)N2Cc1ccccc1)Nc1ccc2c(c1)OCCCO2. The molecular weight excluding hydrogens is 418 g/mol. The molecule has 0 unspecified atom stereocenters. The number of benzene rings is 2. The number of carbonyl (C=O) groups is 2. The Morgan fingerprint density at radius 3 is 2.64 bits per heavy atom. The van der Waals surface area contributed by atoms with Gasteiger partial charge in [0.1, 0.15) is 0 Å². The van der Waals surface area contributed by atoms with Gasteiger partial charge in [-0.25, -0.2) is 0 Å². The van der Waals surface area contributed by atoms with Crippen molar-refractivity contribution < 1.29 is 19.1 Å². The molecule has 3 heterocycles. The summed E-state index contributed by atoms with van der Waals surface area (Å²) in [6, 6.07) is 16.1. The van der Waals surface area contributed by atoms with Crippen molar-refractivity contribution in [1.29, 1.82) is 0 Å². The molecular formula is C26H31N3O4. The van der Waals surface area contributed by atoms with E-state index in [2.05, 4.69) is 27.2 Å². The topological polar surface area (TPSA) is 71.1 Å². The molecule has 2 fully saturated rings. The van der Waals surface area contributed by atoms with E-state index in [4.69, 9.17) is 9.47 Å². The lowest BCUT2D eigenvalue weighted by Gasteiger charge is -2.33. The number of hydrogen-bond acceptors (Lipinski definition) is 5. The van der Waals surface area contributed by atoms with E-state index >= 15 is 0 Å². The van der Waals surface area contributed by atoms with Gasteiger partial charge in [0.25, 0.3) is 0 Å². The number of anilines is 1. The maximum Gasteiger partial charge on any atom is 0.238 e. The molecule has 3 aliphatic heterocycles. The highest BCUT2D eigenvalue weighted by Crippen LogP contribution is 2.33. The minimum atomic E-state index is -0.0460. The van der Waals surface area contributed by atoms with Crippen LogP contribution in [0.5, 0.6) is 11.5 Å². The van der Waals surface area contributed by atoms with Gasteiger partial charge in [-0.1, -0.05) is 30.3 Å². The smallest absolute Gasteiger partial charge is 0.238 e. The fraction of sp³-hybridized carbons (Fsp3) is 0.462. The number of amides is 2. The number of ether oxygens (including phenoxy) is 2. The van der Waals surface area contributed by atoms with Gasteiger partial charge in [-0.3, -0.25) is 14.5 Å². The van der Waals surface area contributed by atoms with Crippen LogP contribution in [0.2, 0.25) is 0 Å². The number of rotatable bonds is 5. The van der Waals surface area contributed by atoms with Crippen molar-refractivity contribution in [2.45, 2.75) is 50.7 Å². The highest BCUT2D eigenvalue weighted by Gasteiger charge is 2.41. The first kappa shape index (κ1) is 21.8. The zero-order chi connectivity index (χ0) is 22.6. The molecule has 2 saturated heterocycles. The van der Waals surface area contributed by atoms with Crippen molar-refractivity contribution in [2.24, 2.45) is 0 Å². The maximum absolute atomic E-state index is 12.9. The molecule has 174 valence electrons. The molecule has 2 aromatic rings. The predicted molar refractivity (Wildman–Crippen MR) is 125 cm³/mol. The van der Waals surface area contributed by atoms with E-state index in [9.17, 15) is 9.59 Å². The molecule has 3 aliphatic rings. The van der Waals surface area contributed by atoms with Crippen LogP contribution in [0.4, 0.5) is 5.69 Å². The average Bonchev–Trinajstić information content (AvgIpc) is 2.97. The Hall–Kier alpha value is -3.06. The largest absolute Gasteiger partial charge is 0.490 e. The summed E-state index contributed by atoms with van der Waals surface area (Å²) < 4.78 is 11.4. The standard InChI is InChI=1S/C26H31N3O4/c30-25(27-20-10-11-23-24(16-20)33-15-5-14-32-23)18-28-13-12-22-21(28)8-4-9-26(31)29(22)17-19-6-2-1-3-7-19/h1-3,6-7,10-11,16,21-22H,4-5,8-9,12-15,17-18H2,(H,27,30)/t21-,22-/m1/s1. The third kappa shape index (κ3) is 4.98. The Morgan fingerprint density at radius 1 is 0.970 bits per heavy atom. The first-order valence-corrected chi connectivity index (χ1v) is 11.9. The summed E-state index contributed by atoms with van der Waals surface area (Å²) >= 11 is 0. The van der Waals surface area contributed by atoms with E-state index in [0.29, 0.717) is 44.2 Å². The van der Waals surface area contributed by atoms with E-state index < -0.39 is 0 Å². The number of likely N-dealkylation sites (tertiary alicyclic amines) is 2. The highest BCUT2D eigenvalue weighted by atomic mass is 16.5. The lowest BCUT2D eigenvalue weighted by atomic mass is 10.0. The third-order valence-corrected chi connectivity index (χ3v) is 6.81. The average molecular weight is 450 g/mol.